The van der Waals surface area contributed by atoms with Crippen molar-refractivity contribution in [2.24, 2.45) is 0 Å². The lowest BCUT2D eigenvalue weighted by Gasteiger charge is -2.38. The summed E-state index contributed by atoms with van der Waals surface area (Å²) in [6.45, 7) is 9.44. The van der Waals surface area contributed by atoms with E-state index in [9.17, 15) is 14.7 Å². The van der Waals surface area contributed by atoms with Gasteiger partial charge in [-0.3, -0.25) is 5.32 Å². The highest BCUT2D eigenvalue weighted by molar-refractivity contribution is 5.92. The first-order valence-electron chi connectivity index (χ1n) is 12.8. The Labute approximate surface area is 214 Å². The van der Waals surface area contributed by atoms with Crippen LogP contribution in [-0.2, 0) is 20.7 Å². The molecule has 0 unspecified atom stereocenters. The molecule has 1 aliphatic heterocycles. The van der Waals surface area contributed by atoms with Gasteiger partial charge >= 0.3 is 12.1 Å². The highest BCUT2D eigenvalue weighted by Crippen LogP contribution is 2.42. The third-order valence-corrected chi connectivity index (χ3v) is 6.44. The maximum Gasteiger partial charge on any atom is 0.412 e. The smallest absolute Gasteiger partial charge is 0.412 e. The molecular weight excluding hydrogens is 454 g/mol. The van der Waals surface area contributed by atoms with Crippen molar-refractivity contribution in [3.05, 3.63) is 77.1 Å². The first-order chi connectivity index (χ1) is 17.1. The van der Waals surface area contributed by atoms with Crippen LogP contribution in [0.25, 0.3) is 0 Å². The molecule has 2 atom stereocenters. The lowest BCUT2D eigenvalue weighted by Crippen LogP contribution is -2.41. The number of benzene rings is 2. The number of aliphatic hydroxyl groups is 1. The van der Waals surface area contributed by atoms with Crippen molar-refractivity contribution in [3.8, 4) is 0 Å². The first-order valence-corrected chi connectivity index (χ1v) is 12.8. The molecule has 0 bridgehead atoms. The van der Waals surface area contributed by atoms with Gasteiger partial charge in [-0.15, -0.1) is 0 Å². The molecule has 0 aliphatic carbocycles. The zero-order valence-electron chi connectivity index (χ0n) is 22.1. The van der Waals surface area contributed by atoms with Crippen molar-refractivity contribution in [2.45, 2.75) is 90.3 Å². The molecule has 0 saturated carbocycles. The number of aliphatic hydroxyl groups excluding tert-OH is 1. The molecule has 1 aliphatic rings. The number of hydrogen-bond donors (Lipinski definition) is 2. The average molecular weight is 494 g/mol. The standard InChI is InChI=1S/C30H39NO5/c1-6-17-30(18-16-21-12-9-8-10-13-21)20-25(32)26(27(33)35-30)24(7-2)22-14-11-15-23(19-22)31-28(34)36-29(3,4)5/h8-15,19,24,32H,6-7,16-18,20H2,1-5H3,(H,31,34)/t24-,30-/m1/s1. The van der Waals surface area contributed by atoms with Crippen LogP contribution in [0.2, 0.25) is 0 Å². The summed E-state index contributed by atoms with van der Waals surface area (Å²) in [5.74, 6) is -0.714. The van der Waals surface area contributed by atoms with Gasteiger partial charge in [-0.1, -0.05) is 62.7 Å². The molecule has 0 spiro atoms. The topological polar surface area (TPSA) is 84.9 Å². The third kappa shape index (κ3) is 7.12. The molecule has 6 nitrogen and oxygen atoms in total. The maximum absolute atomic E-state index is 13.4. The largest absolute Gasteiger partial charge is 0.512 e. The number of nitrogens with one attached hydrogen (secondary N) is 1. The van der Waals surface area contributed by atoms with Crippen LogP contribution in [0, 0.1) is 0 Å². The normalized spacial score (nSPS) is 19.0. The summed E-state index contributed by atoms with van der Waals surface area (Å²) in [5, 5.41) is 13.9. The van der Waals surface area contributed by atoms with Crippen LogP contribution in [0.4, 0.5) is 10.5 Å². The number of rotatable bonds is 9. The van der Waals surface area contributed by atoms with Crippen LogP contribution in [-0.4, -0.2) is 28.4 Å². The zero-order chi connectivity index (χ0) is 26.3. The molecular formula is C30H39NO5. The molecule has 2 aromatic carbocycles. The molecule has 1 heterocycles. The fourth-order valence-corrected chi connectivity index (χ4v) is 4.89. The molecule has 0 fully saturated rings. The average Bonchev–Trinajstić information content (AvgIpc) is 2.80. The minimum absolute atomic E-state index is 0.102. The van der Waals surface area contributed by atoms with Crippen molar-refractivity contribution in [1.82, 2.24) is 0 Å². The highest BCUT2D eigenvalue weighted by atomic mass is 16.6. The van der Waals surface area contributed by atoms with Gasteiger partial charge in [0.2, 0.25) is 0 Å². The second-order valence-corrected chi connectivity index (χ2v) is 10.6. The van der Waals surface area contributed by atoms with E-state index in [1.54, 1.807) is 26.8 Å². The Morgan fingerprint density at radius 3 is 2.44 bits per heavy atom. The third-order valence-electron chi connectivity index (χ3n) is 6.44. The Bertz CT molecular complexity index is 1090. The number of amides is 1. The Kier molecular flexibility index (Phi) is 8.83. The predicted molar refractivity (Wildman–Crippen MR) is 142 cm³/mol. The van der Waals surface area contributed by atoms with Crippen LogP contribution in [0.3, 0.4) is 0 Å². The summed E-state index contributed by atoms with van der Waals surface area (Å²) in [6.07, 6.45) is 3.31. The Hall–Kier alpha value is -3.28. The van der Waals surface area contributed by atoms with Crippen LogP contribution < -0.4 is 5.32 Å². The summed E-state index contributed by atoms with van der Waals surface area (Å²) >= 11 is 0. The van der Waals surface area contributed by atoms with E-state index in [0.717, 1.165) is 18.4 Å². The molecule has 6 heteroatoms. The second kappa shape index (κ2) is 11.6. The second-order valence-electron chi connectivity index (χ2n) is 10.6. The number of hydrogen-bond acceptors (Lipinski definition) is 5. The van der Waals surface area contributed by atoms with Crippen molar-refractivity contribution in [2.75, 3.05) is 5.32 Å². The van der Waals surface area contributed by atoms with Gasteiger partial charge in [0.05, 0.1) is 5.57 Å². The SMILES string of the molecule is CCC[C@@]1(CCc2ccccc2)CC(O)=C([C@H](CC)c2cccc(NC(=O)OC(C)(C)C)c2)C(=O)O1. The van der Waals surface area contributed by atoms with Gasteiger partial charge in [0, 0.05) is 18.0 Å². The Morgan fingerprint density at radius 2 is 1.83 bits per heavy atom. The minimum atomic E-state index is -0.715. The van der Waals surface area contributed by atoms with Gasteiger partial charge in [-0.05, 0) is 69.7 Å². The van der Waals surface area contributed by atoms with E-state index in [1.807, 2.05) is 43.3 Å². The fraction of sp³-hybridized carbons (Fsp3) is 0.467. The van der Waals surface area contributed by atoms with E-state index < -0.39 is 23.3 Å². The van der Waals surface area contributed by atoms with Crippen LogP contribution in [0.1, 0.15) is 83.8 Å². The van der Waals surface area contributed by atoms with Gasteiger partial charge in [0.25, 0.3) is 0 Å². The first kappa shape index (κ1) is 27.3. The number of anilines is 1. The van der Waals surface area contributed by atoms with Crippen molar-refractivity contribution in [1.29, 1.82) is 0 Å². The number of ether oxygens (including phenoxy) is 2. The van der Waals surface area contributed by atoms with Crippen LogP contribution in [0.5, 0.6) is 0 Å². The monoisotopic (exact) mass is 493 g/mol. The minimum Gasteiger partial charge on any atom is -0.512 e. The van der Waals surface area contributed by atoms with Crippen molar-refractivity contribution >= 4 is 17.7 Å². The quantitative estimate of drug-likeness (QED) is 0.354. The van der Waals surface area contributed by atoms with E-state index in [4.69, 9.17) is 9.47 Å². The van der Waals surface area contributed by atoms with Crippen molar-refractivity contribution in [3.63, 3.8) is 0 Å². The summed E-state index contributed by atoms with van der Waals surface area (Å²) in [5.41, 5.74) is 1.54. The summed E-state index contributed by atoms with van der Waals surface area (Å²) in [7, 11) is 0. The van der Waals surface area contributed by atoms with Gasteiger partial charge < -0.3 is 14.6 Å². The number of esters is 1. The van der Waals surface area contributed by atoms with Gasteiger partial charge in [-0.25, -0.2) is 9.59 Å². The number of aryl methyl sites for hydroxylation is 1. The summed E-state index contributed by atoms with van der Waals surface area (Å²) in [4.78, 5) is 25.6. The molecule has 36 heavy (non-hydrogen) atoms. The Morgan fingerprint density at radius 1 is 1.11 bits per heavy atom. The van der Waals surface area contributed by atoms with E-state index >= 15 is 0 Å². The highest BCUT2D eigenvalue weighted by Gasteiger charge is 2.43. The predicted octanol–water partition coefficient (Wildman–Crippen LogP) is 7.46. The summed E-state index contributed by atoms with van der Waals surface area (Å²) < 4.78 is 11.5. The molecule has 3 rings (SSSR count). The molecule has 0 aromatic heterocycles. The van der Waals surface area contributed by atoms with Gasteiger partial charge in [-0.2, -0.15) is 0 Å². The molecule has 2 N–H and O–H groups in total. The molecule has 2 aromatic rings. The van der Waals surface area contributed by atoms with E-state index in [0.29, 0.717) is 36.9 Å². The van der Waals surface area contributed by atoms with Gasteiger partial charge in [0.1, 0.15) is 17.0 Å². The van der Waals surface area contributed by atoms with Crippen molar-refractivity contribution < 1.29 is 24.2 Å². The maximum atomic E-state index is 13.4. The van der Waals surface area contributed by atoms with Gasteiger partial charge in [0.15, 0.2) is 0 Å². The van der Waals surface area contributed by atoms with E-state index in [-0.39, 0.29) is 11.7 Å². The number of carbonyl (C=O) groups excluding carboxylic acids is 2. The lowest BCUT2D eigenvalue weighted by atomic mass is 9.80. The van der Waals surface area contributed by atoms with Crippen LogP contribution in [0.15, 0.2) is 65.9 Å². The zero-order valence-corrected chi connectivity index (χ0v) is 22.1. The number of carbonyl (C=O) groups is 2. The molecule has 0 radical (unpaired) electrons. The Balaban J connectivity index is 1.83. The molecule has 1 amide bonds. The van der Waals surface area contributed by atoms with E-state index in [1.165, 1.54) is 5.56 Å². The summed E-state index contributed by atoms with van der Waals surface area (Å²) in [6, 6.07) is 17.4. The fourth-order valence-electron chi connectivity index (χ4n) is 4.89. The lowest BCUT2D eigenvalue weighted by molar-refractivity contribution is -0.161. The molecule has 194 valence electrons. The van der Waals surface area contributed by atoms with Crippen LogP contribution >= 0.6 is 0 Å². The molecule has 0 saturated heterocycles. The van der Waals surface area contributed by atoms with E-state index in [2.05, 4.69) is 24.4 Å². The number of cyclic esters (lactones) is 1.